The van der Waals surface area contributed by atoms with Gasteiger partial charge in [-0.1, -0.05) is 13.0 Å². The molecule has 1 N–H and O–H groups in total. The standard InChI is InChI=1S/C25H24F2N4O3.C7H12FN/c1-3-16-19(26)6-5-14-11-15(32)12-17(20(14)16)22-21(27)23-18(13-28-22)24(30-25(29-23)33-2)31-7-4-9-34-10-8-31;8-6-4-7-2-1-3-9(7)5-6/h5-6,11-13,32H,3-4,7-10H2,1-2H3;6-7H,1-5H2. The van der Waals surface area contributed by atoms with Gasteiger partial charge < -0.3 is 19.5 Å². The minimum atomic E-state index is -0.691. The summed E-state index contributed by atoms with van der Waals surface area (Å²) in [4.78, 5) is 17.5. The van der Waals surface area contributed by atoms with Crippen LogP contribution in [0.4, 0.5) is 19.0 Å². The number of phenols is 1. The first kappa shape index (κ1) is 29.4. The van der Waals surface area contributed by atoms with E-state index in [-0.39, 0.29) is 23.0 Å². The summed E-state index contributed by atoms with van der Waals surface area (Å²) < 4.78 is 54.1. The second-order valence-corrected chi connectivity index (χ2v) is 11.3. The maximum absolute atomic E-state index is 16.1. The molecule has 4 aromatic rings. The highest BCUT2D eigenvalue weighted by Crippen LogP contribution is 2.39. The molecule has 2 aromatic heterocycles. The first-order chi connectivity index (χ1) is 20.9. The number of rotatable bonds is 4. The van der Waals surface area contributed by atoms with Crippen LogP contribution in [0, 0.1) is 11.6 Å². The Labute approximate surface area is 248 Å². The third-order valence-electron chi connectivity index (χ3n) is 8.57. The Morgan fingerprint density at radius 3 is 2.74 bits per heavy atom. The first-order valence-electron chi connectivity index (χ1n) is 14.9. The van der Waals surface area contributed by atoms with Crippen LogP contribution in [0.5, 0.6) is 11.8 Å². The van der Waals surface area contributed by atoms with E-state index in [2.05, 4.69) is 19.9 Å². The first-order valence-corrected chi connectivity index (χ1v) is 14.9. The molecule has 0 amide bonds. The molecule has 0 radical (unpaired) electrons. The summed E-state index contributed by atoms with van der Waals surface area (Å²) in [6, 6.07) is 6.50. The lowest BCUT2D eigenvalue weighted by Gasteiger charge is -2.22. The van der Waals surface area contributed by atoms with Gasteiger partial charge in [0.2, 0.25) is 0 Å². The number of aryl methyl sites for hydroxylation is 1. The number of fused-ring (bicyclic) bond motifs is 3. The summed E-state index contributed by atoms with van der Waals surface area (Å²) in [6.07, 6.45) is 5.54. The fourth-order valence-corrected chi connectivity index (χ4v) is 6.56. The molecule has 3 fully saturated rings. The Morgan fingerprint density at radius 1 is 1.09 bits per heavy atom. The van der Waals surface area contributed by atoms with Crippen molar-refractivity contribution >= 4 is 27.5 Å². The normalized spacial score (nSPS) is 20.6. The van der Waals surface area contributed by atoms with Crippen molar-refractivity contribution in [3.63, 3.8) is 0 Å². The van der Waals surface area contributed by atoms with E-state index in [1.54, 1.807) is 6.07 Å². The van der Waals surface area contributed by atoms with E-state index >= 15 is 4.39 Å². The molecule has 0 bridgehead atoms. The number of nitrogens with zero attached hydrogens (tertiary/aromatic N) is 5. The van der Waals surface area contributed by atoms with Crippen molar-refractivity contribution in [2.45, 2.75) is 51.2 Å². The lowest BCUT2D eigenvalue weighted by molar-refractivity contribution is 0.152. The van der Waals surface area contributed by atoms with Gasteiger partial charge in [0.25, 0.3) is 0 Å². The number of benzene rings is 2. The van der Waals surface area contributed by atoms with Crippen molar-refractivity contribution in [3.8, 4) is 23.0 Å². The van der Waals surface area contributed by atoms with Crippen molar-refractivity contribution in [3.05, 3.63) is 47.7 Å². The zero-order valence-corrected chi connectivity index (χ0v) is 24.5. The maximum atomic E-state index is 16.1. The molecule has 8 nitrogen and oxygen atoms in total. The number of aromatic nitrogens is 3. The average Bonchev–Trinajstić information content (AvgIpc) is 3.46. The number of aromatic hydroxyl groups is 1. The highest BCUT2D eigenvalue weighted by Gasteiger charge is 2.34. The molecule has 3 aliphatic heterocycles. The van der Waals surface area contributed by atoms with Gasteiger partial charge in [0, 0.05) is 44.0 Å². The fourth-order valence-electron chi connectivity index (χ4n) is 6.56. The summed E-state index contributed by atoms with van der Waals surface area (Å²) in [6.45, 7) is 6.14. The van der Waals surface area contributed by atoms with E-state index < -0.39 is 17.8 Å². The Bertz CT molecular complexity index is 1620. The van der Waals surface area contributed by atoms with Gasteiger partial charge in [-0.15, -0.1) is 0 Å². The van der Waals surface area contributed by atoms with Gasteiger partial charge in [-0.25, -0.2) is 13.2 Å². The molecule has 7 rings (SSSR count). The van der Waals surface area contributed by atoms with Crippen LogP contribution in [0.15, 0.2) is 30.5 Å². The van der Waals surface area contributed by atoms with Crippen molar-refractivity contribution in [2.75, 3.05) is 51.4 Å². The predicted molar refractivity (Wildman–Crippen MR) is 160 cm³/mol. The zero-order chi connectivity index (χ0) is 30.1. The van der Waals surface area contributed by atoms with Crippen molar-refractivity contribution in [2.24, 2.45) is 0 Å². The van der Waals surface area contributed by atoms with Crippen LogP contribution >= 0.6 is 0 Å². The van der Waals surface area contributed by atoms with Crippen molar-refractivity contribution in [1.29, 1.82) is 0 Å². The van der Waals surface area contributed by atoms with Gasteiger partial charge in [-0.05, 0) is 73.2 Å². The summed E-state index contributed by atoms with van der Waals surface area (Å²) >= 11 is 0. The summed E-state index contributed by atoms with van der Waals surface area (Å²) in [5.74, 6) is -0.629. The highest BCUT2D eigenvalue weighted by molar-refractivity contribution is 6.01. The molecule has 228 valence electrons. The smallest absolute Gasteiger partial charge is 0.318 e. The van der Waals surface area contributed by atoms with Gasteiger partial charge in [0.05, 0.1) is 19.1 Å². The third kappa shape index (κ3) is 5.80. The van der Waals surface area contributed by atoms with Gasteiger partial charge >= 0.3 is 6.01 Å². The van der Waals surface area contributed by atoms with Crippen LogP contribution in [0.2, 0.25) is 0 Å². The Hall–Kier alpha value is -3.70. The molecule has 11 heteroatoms. The number of pyridine rings is 1. The highest BCUT2D eigenvalue weighted by atomic mass is 19.1. The lowest BCUT2D eigenvalue weighted by atomic mass is 9.94. The van der Waals surface area contributed by atoms with Gasteiger partial charge in [0.15, 0.2) is 5.82 Å². The second kappa shape index (κ2) is 12.5. The van der Waals surface area contributed by atoms with Gasteiger partial charge in [-0.3, -0.25) is 9.88 Å². The van der Waals surface area contributed by atoms with E-state index in [9.17, 15) is 13.9 Å². The van der Waals surface area contributed by atoms with E-state index in [0.717, 1.165) is 19.4 Å². The molecule has 43 heavy (non-hydrogen) atoms. The average molecular weight is 596 g/mol. The SMILES string of the molecule is CCc1c(F)ccc2cc(O)cc(-c3ncc4c(N5CCCOCC5)nc(OC)nc4c3F)c12.FC1CC2CCCN2C1. The van der Waals surface area contributed by atoms with Crippen LogP contribution < -0.4 is 9.64 Å². The monoisotopic (exact) mass is 595 g/mol. The van der Waals surface area contributed by atoms with Crippen LogP contribution in [0.1, 0.15) is 38.2 Å². The minimum Gasteiger partial charge on any atom is -0.508 e. The van der Waals surface area contributed by atoms with Crippen LogP contribution in [-0.2, 0) is 11.2 Å². The topological polar surface area (TPSA) is 83.8 Å². The molecule has 2 aromatic carbocycles. The fraction of sp³-hybridized carbons (Fsp3) is 0.469. The number of anilines is 1. The van der Waals surface area contributed by atoms with E-state index in [1.165, 1.54) is 44.3 Å². The number of phenolic OH excluding ortho intramolecular Hbond substituents is 1. The quantitative estimate of drug-likeness (QED) is 0.316. The number of methoxy groups -OCH3 is 1. The molecular formula is C32H36F3N5O3. The molecule has 5 heterocycles. The van der Waals surface area contributed by atoms with Crippen LogP contribution in [0.25, 0.3) is 32.9 Å². The minimum absolute atomic E-state index is 0.0281. The van der Waals surface area contributed by atoms with Crippen LogP contribution in [0.3, 0.4) is 0 Å². The summed E-state index contributed by atoms with van der Waals surface area (Å²) in [7, 11) is 1.43. The molecule has 3 aliphatic rings. The Kier molecular flexibility index (Phi) is 8.54. The predicted octanol–water partition coefficient (Wildman–Crippen LogP) is 5.82. The van der Waals surface area contributed by atoms with Crippen molar-refractivity contribution in [1.82, 2.24) is 19.9 Å². The molecule has 0 aliphatic carbocycles. The Morgan fingerprint density at radius 2 is 1.95 bits per heavy atom. The molecule has 2 atom stereocenters. The zero-order valence-electron chi connectivity index (χ0n) is 24.5. The van der Waals surface area contributed by atoms with Gasteiger partial charge in [-0.2, -0.15) is 9.97 Å². The van der Waals surface area contributed by atoms with Crippen molar-refractivity contribution < 1.29 is 27.8 Å². The number of halogens is 3. The maximum Gasteiger partial charge on any atom is 0.318 e. The van der Waals surface area contributed by atoms with E-state index in [1.807, 2.05) is 11.8 Å². The van der Waals surface area contributed by atoms with E-state index in [0.29, 0.717) is 78.4 Å². The third-order valence-corrected chi connectivity index (χ3v) is 8.57. The number of hydrogen-bond donors (Lipinski definition) is 1. The Balaban J connectivity index is 0.000000310. The number of alkyl halides is 1. The molecular weight excluding hydrogens is 559 g/mol. The number of hydrogen-bond acceptors (Lipinski definition) is 8. The van der Waals surface area contributed by atoms with Gasteiger partial charge in [0.1, 0.15) is 34.8 Å². The lowest BCUT2D eigenvalue weighted by Crippen LogP contribution is -2.27. The summed E-state index contributed by atoms with van der Waals surface area (Å²) in [5.41, 5.74) is 0.745. The molecule has 2 unspecified atom stereocenters. The molecule has 0 saturated carbocycles. The van der Waals surface area contributed by atoms with Crippen LogP contribution in [-0.4, -0.2) is 83.7 Å². The second-order valence-electron chi connectivity index (χ2n) is 11.3. The number of ether oxygens (including phenoxy) is 2. The largest absolute Gasteiger partial charge is 0.508 e. The van der Waals surface area contributed by atoms with E-state index in [4.69, 9.17) is 9.47 Å². The molecule has 3 saturated heterocycles. The molecule has 0 spiro atoms. The summed E-state index contributed by atoms with van der Waals surface area (Å²) in [5, 5.41) is 11.9.